The molecule has 4 nitrogen and oxygen atoms in total. The average Bonchev–Trinajstić information content (AvgIpc) is 2.80. The van der Waals surface area contributed by atoms with Crippen LogP contribution in [0.3, 0.4) is 0 Å². The molecule has 1 fully saturated rings. The van der Waals surface area contributed by atoms with Gasteiger partial charge in [0.05, 0.1) is 11.0 Å². The lowest BCUT2D eigenvalue weighted by Crippen LogP contribution is -2.33. The number of benzene rings is 2. The fraction of sp³-hybridized carbons (Fsp3) is 0.316. The van der Waals surface area contributed by atoms with E-state index in [-0.39, 0.29) is 18.2 Å². The molecule has 6 heteroatoms. The van der Waals surface area contributed by atoms with Crippen molar-refractivity contribution in [2.24, 2.45) is 0 Å². The molecule has 1 aliphatic rings. The van der Waals surface area contributed by atoms with Crippen molar-refractivity contribution < 1.29 is 13.2 Å². The third-order valence-corrected chi connectivity index (χ3v) is 7.37. The van der Waals surface area contributed by atoms with Gasteiger partial charge in [-0.05, 0) is 36.4 Å². The summed E-state index contributed by atoms with van der Waals surface area (Å²) in [5.74, 6) is -0.0969. The average molecular weight is 376 g/mol. The van der Waals surface area contributed by atoms with Gasteiger partial charge >= 0.3 is 0 Å². The molecule has 1 atom stereocenters. The van der Waals surface area contributed by atoms with Gasteiger partial charge in [0.15, 0.2) is 9.84 Å². The van der Waals surface area contributed by atoms with Crippen LogP contribution in [0.2, 0.25) is 0 Å². The third kappa shape index (κ3) is 4.07. The fourth-order valence-corrected chi connectivity index (χ4v) is 5.38. The maximum absolute atomic E-state index is 12.8. The van der Waals surface area contributed by atoms with Crippen LogP contribution in [0, 0.1) is 0 Å². The zero-order valence-electron chi connectivity index (χ0n) is 14.1. The molecule has 0 N–H and O–H groups in total. The van der Waals surface area contributed by atoms with Crippen molar-refractivity contribution in [2.75, 3.05) is 25.1 Å². The normalized spacial score (nSPS) is 20.0. The van der Waals surface area contributed by atoms with Gasteiger partial charge in [-0.1, -0.05) is 36.4 Å². The third-order valence-electron chi connectivity index (χ3n) is 4.52. The van der Waals surface area contributed by atoms with E-state index in [1.807, 2.05) is 54.8 Å². The van der Waals surface area contributed by atoms with Crippen molar-refractivity contribution in [1.29, 1.82) is 0 Å². The molecule has 132 valence electrons. The zero-order chi connectivity index (χ0) is 17.9. The van der Waals surface area contributed by atoms with E-state index in [1.165, 1.54) is 0 Å². The van der Waals surface area contributed by atoms with Crippen LogP contribution in [0.5, 0.6) is 0 Å². The van der Waals surface area contributed by atoms with Crippen molar-refractivity contribution >= 4 is 27.5 Å². The molecule has 3 rings (SSSR count). The highest BCUT2D eigenvalue weighted by atomic mass is 32.2. The van der Waals surface area contributed by atoms with E-state index in [2.05, 4.69) is 0 Å². The number of carbonyl (C=O) groups excluding carboxylic acids is 1. The minimum atomic E-state index is -3.27. The Bertz CT molecular complexity index is 850. The van der Waals surface area contributed by atoms with Crippen molar-refractivity contribution in [2.45, 2.75) is 16.6 Å². The van der Waals surface area contributed by atoms with Crippen LogP contribution in [0.15, 0.2) is 59.5 Å². The Hall–Kier alpha value is -1.79. The van der Waals surface area contributed by atoms with E-state index in [1.54, 1.807) is 22.7 Å². The van der Waals surface area contributed by atoms with E-state index < -0.39 is 15.1 Å². The summed E-state index contributed by atoms with van der Waals surface area (Å²) < 4.78 is 25.3. The highest BCUT2D eigenvalue weighted by molar-refractivity contribution is 7.98. The number of nitrogens with zero attached hydrogens (tertiary/aromatic N) is 1. The SMILES string of the molecule is CSc1cccc(C(=O)N2CCC(c3ccccc3)S(=O)(=O)CC2)c1. The smallest absolute Gasteiger partial charge is 0.253 e. The Morgan fingerprint density at radius 3 is 2.56 bits per heavy atom. The minimum Gasteiger partial charge on any atom is -0.338 e. The van der Waals surface area contributed by atoms with E-state index >= 15 is 0 Å². The Balaban J connectivity index is 1.81. The predicted octanol–water partition coefficient (Wildman–Crippen LogP) is 3.41. The second kappa shape index (κ2) is 7.62. The van der Waals surface area contributed by atoms with Crippen LogP contribution in [0.4, 0.5) is 0 Å². The van der Waals surface area contributed by atoms with Crippen LogP contribution in [-0.2, 0) is 9.84 Å². The maximum atomic E-state index is 12.8. The van der Waals surface area contributed by atoms with Gasteiger partial charge < -0.3 is 4.90 Å². The van der Waals surface area contributed by atoms with Gasteiger partial charge in [-0.25, -0.2) is 8.42 Å². The fourth-order valence-electron chi connectivity index (χ4n) is 3.13. The summed E-state index contributed by atoms with van der Waals surface area (Å²) in [6.07, 6.45) is 2.40. The second-order valence-corrected chi connectivity index (χ2v) is 9.26. The lowest BCUT2D eigenvalue weighted by Gasteiger charge is -2.20. The van der Waals surface area contributed by atoms with Gasteiger partial charge in [-0.15, -0.1) is 11.8 Å². The summed E-state index contributed by atoms with van der Waals surface area (Å²) in [6.45, 7) is 0.690. The van der Waals surface area contributed by atoms with Crippen molar-refractivity contribution in [1.82, 2.24) is 4.90 Å². The first-order chi connectivity index (χ1) is 12.0. The number of thioether (sulfide) groups is 1. The van der Waals surface area contributed by atoms with Crippen LogP contribution < -0.4 is 0 Å². The molecule has 0 saturated carbocycles. The molecule has 1 amide bonds. The largest absolute Gasteiger partial charge is 0.338 e. The molecule has 25 heavy (non-hydrogen) atoms. The number of hydrogen-bond acceptors (Lipinski definition) is 4. The molecule has 0 aromatic heterocycles. The van der Waals surface area contributed by atoms with Crippen molar-refractivity contribution in [3.8, 4) is 0 Å². The molecule has 1 unspecified atom stereocenters. The summed E-state index contributed by atoms with van der Waals surface area (Å²) in [5.41, 5.74) is 1.42. The minimum absolute atomic E-state index is 0.000515. The molecule has 2 aromatic carbocycles. The summed E-state index contributed by atoms with van der Waals surface area (Å²) in [4.78, 5) is 15.5. The Labute approximate surface area is 153 Å². The van der Waals surface area contributed by atoms with Gasteiger partial charge in [-0.3, -0.25) is 4.79 Å². The Morgan fingerprint density at radius 2 is 1.84 bits per heavy atom. The summed E-state index contributed by atoms with van der Waals surface area (Å²) >= 11 is 1.58. The zero-order valence-corrected chi connectivity index (χ0v) is 15.7. The van der Waals surface area contributed by atoms with Crippen LogP contribution in [0.25, 0.3) is 0 Å². The molecule has 1 heterocycles. The molecule has 0 spiro atoms. The number of rotatable bonds is 3. The molecule has 1 saturated heterocycles. The lowest BCUT2D eigenvalue weighted by molar-refractivity contribution is 0.0766. The van der Waals surface area contributed by atoms with Crippen LogP contribution in [-0.4, -0.2) is 44.3 Å². The molecule has 2 aromatic rings. The molecular weight excluding hydrogens is 354 g/mol. The summed E-state index contributed by atoms with van der Waals surface area (Å²) in [7, 11) is -3.27. The van der Waals surface area contributed by atoms with E-state index in [4.69, 9.17) is 0 Å². The monoisotopic (exact) mass is 375 g/mol. The first kappa shape index (κ1) is 18.0. The molecule has 0 bridgehead atoms. The van der Waals surface area contributed by atoms with Crippen molar-refractivity contribution in [3.63, 3.8) is 0 Å². The van der Waals surface area contributed by atoms with Gasteiger partial charge in [-0.2, -0.15) is 0 Å². The van der Waals surface area contributed by atoms with E-state index in [0.717, 1.165) is 10.5 Å². The summed E-state index contributed by atoms with van der Waals surface area (Å²) in [6, 6.07) is 16.8. The van der Waals surface area contributed by atoms with E-state index in [9.17, 15) is 13.2 Å². The quantitative estimate of drug-likeness (QED) is 0.772. The Kier molecular flexibility index (Phi) is 5.49. The first-order valence-electron chi connectivity index (χ1n) is 8.21. The van der Waals surface area contributed by atoms with Gasteiger partial charge in [0.2, 0.25) is 0 Å². The molecular formula is C19H21NO3S2. The first-order valence-corrected chi connectivity index (χ1v) is 11.1. The highest BCUT2D eigenvalue weighted by Gasteiger charge is 2.32. The number of hydrogen-bond donors (Lipinski definition) is 0. The number of sulfone groups is 1. The van der Waals surface area contributed by atoms with Crippen molar-refractivity contribution in [3.05, 3.63) is 65.7 Å². The number of carbonyl (C=O) groups is 1. The number of amides is 1. The van der Waals surface area contributed by atoms with Crippen LogP contribution in [0.1, 0.15) is 27.6 Å². The molecule has 0 radical (unpaired) electrons. The van der Waals surface area contributed by atoms with Crippen LogP contribution >= 0.6 is 11.8 Å². The maximum Gasteiger partial charge on any atom is 0.253 e. The van der Waals surface area contributed by atoms with E-state index in [0.29, 0.717) is 18.5 Å². The molecule has 1 aliphatic heterocycles. The van der Waals surface area contributed by atoms with Gasteiger partial charge in [0, 0.05) is 23.5 Å². The van der Waals surface area contributed by atoms with Gasteiger partial charge in [0.25, 0.3) is 5.91 Å². The standard InChI is InChI=1S/C19H21NO3S2/c1-24-17-9-5-8-16(14-17)19(21)20-11-10-18(25(22,23)13-12-20)15-6-3-2-4-7-15/h2-9,14,18H,10-13H2,1H3. The summed E-state index contributed by atoms with van der Waals surface area (Å²) in [5, 5.41) is -0.538. The van der Waals surface area contributed by atoms with Gasteiger partial charge in [0.1, 0.15) is 0 Å². The predicted molar refractivity (Wildman–Crippen MR) is 102 cm³/mol. The molecule has 0 aliphatic carbocycles. The lowest BCUT2D eigenvalue weighted by atomic mass is 10.1. The highest BCUT2D eigenvalue weighted by Crippen LogP contribution is 2.29. The topological polar surface area (TPSA) is 54.5 Å². The Morgan fingerprint density at radius 1 is 1.08 bits per heavy atom. The second-order valence-electron chi connectivity index (χ2n) is 6.08.